The molecule has 1 aromatic heterocycles. The third-order valence-electron chi connectivity index (χ3n) is 7.43. The number of aromatic nitrogens is 1. The molecule has 2 amide bonds. The molecule has 45 heavy (non-hydrogen) atoms. The van der Waals surface area contributed by atoms with Gasteiger partial charge in [0.1, 0.15) is 29.0 Å². The van der Waals surface area contributed by atoms with E-state index in [0.29, 0.717) is 35.6 Å². The Morgan fingerprint density at radius 1 is 1.02 bits per heavy atom. The first-order valence-electron chi connectivity index (χ1n) is 14.9. The number of nitrogens with zero attached hydrogens (tertiary/aromatic N) is 2. The van der Waals surface area contributed by atoms with Crippen molar-refractivity contribution in [2.24, 2.45) is 10.4 Å². The van der Waals surface area contributed by atoms with Gasteiger partial charge in [0, 0.05) is 12.1 Å². The second-order valence-corrected chi connectivity index (χ2v) is 11.9. The Labute approximate surface area is 263 Å². The second kappa shape index (κ2) is 14.1. The maximum Gasteiger partial charge on any atom is 0.338 e. The minimum Gasteiger partial charge on any atom is -0.484 e. The van der Waals surface area contributed by atoms with Gasteiger partial charge >= 0.3 is 12.0 Å². The van der Waals surface area contributed by atoms with E-state index in [1.165, 1.54) is 4.57 Å². The summed E-state index contributed by atoms with van der Waals surface area (Å²) < 4.78 is 12.9. The van der Waals surface area contributed by atoms with Crippen LogP contribution in [0.1, 0.15) is 87.5 Å². The summed E-state index contributed by atoms with van der Waals surface area (Å²) in [6.45, 7) is 9.39. The Morgan fingerprint density at radius 3 is 2.44 bits per heavy atom. The highest BCUT2D eigenvalue weighted by molar-refractivity contribution is 6.10. The second-order valence-electron chi connectivity index (χ2n) is 11.9. The number of amides is 2. The lowest BCUT2D eigenvalue weighted by Crippen LogP contribution is -2.43. The topological polar surface area (TPSA) is 166 Å². The number of pyridine rings is 1. The number of ether oxygens (including phenoxy) is 2. The zero-order valence-corrected chi connectivity index (χ0v) is 26.4. The molecule has 2 aromatic carbocycles. The van der Waals surface area contributed by atoms with Crippen LogP contribution >= 0.6 is 0 Å². The Morgan fingerprint density at radius 2 is 1.76 bits per heavy atom. The average Bonchev–Trinajstić information content (AvgIpc) is 2.99. The van der Waals surface area contributed by atoms with Crippen molar-refractivity contribution in [3.8, 4) is 5.75 Å². The van der Waals surface area contributed by atoms with Gasteiger partial charge in [0.15, 0.2) is 0 Å². The van der Waals surface area contributed by atoms with Crippen molar-refractivity contribution in [2.75, 3.05) is 6.61 Å². The molecular weight excluding hydrogens is 570 g/mol. The lowest BCUT2D eigenvalue weighted by molar-refractivity contribution is 0.0526. The Kier molecular flexibility index (Phi) is 10.3. The SMILES string of the molecule is CCOC(=O)c1cccc(N=C(CC(=N)C(C)(C)C)NC(=O)NC2CCC(Oc3ccc(=N)n(C(C)=N)c3)c3ccccc32)c1. The molecule has 0 spiro atoms. The van der Waals surface area contributed by atoms with Gasteiger partial charge in [-0.3, -0.25) is 20.7 Å². The van der Waals surface area contributed by atoms with E-state index in [-0.39, 0.29) is 42.3 Å². The van der Waals surface area contributed by atoms with Crippen LogP contribution in [0.2, 0.25) is 0 Å². The van der Waals surface area contributed by atoms with Crippen molar-refractivity contribution in [3.63, 3.8) is 0 Å². The molecule has 236 valence electrons. The van der Waals surface area contributed by atoms with E-state index in [1.54, 1.807) is 56.4 Å². The summed E-state index contributed by atoms with van der Waals surface area (Å²) in [5.74, 6) is 0.596. The van der Waals surface area contributed by atoms with Crippen molar-refractivity contribution < 1.29 is 19.1 Å². The fourth-order valence-corrected chi connectivity index (χ4v) is 4.96. The molecule has 1 aliphatic carbocycles. The van der Waals surface area contributed by atoms with Gasteiger partial charge < -0.3 is 20.2 Å². The van der Waals surface area contributed by atoms with Crippen LogP contribution in [0.3, 0.4) is 0 Å². The Bertz CT molecular complexity index is 1690. The van der Waals surface area contributed by atoms with Crippen LogP contribution in [0.5, 0.6) is 5.75 Å². The molecule has 0 saturated carbocycles. The summed E-state index contributed by atoms with van der Waals surface area (Å²) in [4.78, 5) is 30.3. The largest absolute Gasteiger partial charge is 0.484 e. The lowest BCUT2D eigenvalue weighted by atomic mass is 9.85. The first-order chi connectivity index (χ1) is 21.3. The maximum absolute atomic E-state index is 13.4. The molecule has 0 bridgehead atoms. The summed E-state index contributed by atoms with van der Waals surface area (Å²) in [7, 11) is 0. The van der Waals surface area contributed by atoms with Gasteiger partial charge in [-0.15, -0.1) is 0 Å². The molecule has 3 aromatic rings. The third-order valence-corrected chi connectivity index (χ3v) is 7.43. The van der Waals surface area contributed by atoms with E-state index in [9.17, 15) is 9.59 Å². The number of esters is 1. The predicted octanol–water partition coefficient (Wildman–Crippen LogP) is 6.43. The number of fused-ring (bicyclic) bond motifs is 1. The Hall–Kier alpha value is -5.06. The molecule has 4 rings (SSSR count). The van der Waals surface area contributed by atoms with E-state index in [2.05, 4.69) is 15.6 Å². The molecule has 0 fully saturated rings. The minimum absolute atomic E-state index is 0.115. The zero-order valence-electron chi connectivity index (χ0n) is 26.4. The van der Waals surface area contributed by atoms with E-state index in [1.807, 2.05) is 45.0 Å². The number of hydrogen-bond acceptors (Lipinski definition) is 8. The summed E-state index contributed by atoms with van der Waals surface area (Å²) >= 11 is 0. The quantitative estimate of drug-likeness (QED) is 0.113. The van der Waals surface area contributed by atoms with Gasteiger partial charge in [0.2, 0.25) is 0 Å². The molecule has 2 unspecified atom stereocenters. The molecule has 5 N–H and O–H groups in total. The average molecular weight is 612 g/mol. The van der Waals surface area contributed by atoms with Gasteiger partial charge in [0.05, 0.1) is 30.1 Å². The number of hydrogen-bond donors (Lipinski definition) is 5. The van der Waals surface area contributed by atoms with Crippen molar-refractivity contribution in [3.05, 3.63) is 89.0 Å². The highest BCUT2D eigenvalue weighted by Gasteiger charge is 2.30. The van der Waals surface area contributed by atoms with Crippen LogP contribution in [-0.4, -0.2) is 40.6 Å². The third kappa shape index (κ3) is 8.53. The first kappa shape index (κ1) is 32.8. The molecule has 0 radical (unpaired) electrons. The van der Waals surface area contributed by atoms with Crippen molar-refractivity contribution in [1.29, 1.82) is 16.2 Å². The summed E-state index contributed by atoms with van der Waals surface area (Å²) in [6.07, 6.45) is 2.73. The van der Waals surface area contributed by atoms with Crippen LogP contribution in [-0.2, 0) is 4.74 Å². The van der Waals surface area contributed by atoms with E-state index < -0.39 is 17.4 Å². The van der Waals surface area contributed by atoms with Gasteiger partial charge in [-0.2, -0.15) is 0 Å². The van der Waals surface area contributed by atoms with Crippen LogP contribution in [0.25, 0.3) is 0 Å². The highest BCUT2D eigenvalue weighted by atomic mass is 16.5. The molecular formula is C34H41N7O4. The summed E-state index contributed by atoms with van der Waals surface area (Å²) in [6, 6.07) is 17.0. The monoisotopic (exact) mass is 611 g/mol. The smallest absolute Gasteiger partial charge is 0.338 e. The molecule has 1 aliphatic rings. The highest BCUT2D eigenvalue weighted by Crippen LogP contribution is 2.38. The van der Waals surface area contributed by atoms with Crippen LogP contribution in [0, 0.1) is 21.6 Å². The minimum atomic E-state index is -0.458. The fraction of sp³-hybridized carbons (Fsp3) is 0.353. The number of nitrogens with one attached hydrogen (secondary N) is 5. The van der Waals surface area contributed by atoms with Crippen LogP contribution in [0.15, 0.2) is 71.9 Å². The van der Waals surface area contributed by atoms with Gasteiger partial charge in [0.25, 0.3) is 0 Å². The van der Waals surface area contributed by atoms with E-state index in [4.69, 9.17) is 25.7 Å². The Balaban J connectivity index is 1.53. The van der Waals surface area contributed by atoms with E-state index in [0.717, 1.165) is 11.1 Å². The number of aliphatic imine (C=N–C) groups is 1. The molecule has 0 saturated heterocycles. The fourth-order valence-electron chi connectivity index (χ4n) is 4.96. The summed E-state index contributed by atoms with van der Waals surface area (Å²) in [5.41, 5.74) is 2.84. The predicted molar refractivity (Wildman–Crippen MR) is 174 cm³/mol. The van der Waals surface area contributed by atoms with Crippen LogP contribution in [0.4, 0.5) is 10.5 Å². The number of rotatable bonds is 8. The van der Waals surface area contributed by atoms with Gasteiger partial charge in [-0.05, 0) is 73.6 Å². The normalized spacial score (nSPS) is 16.2. The number of urea groups is 1. The number of carbonyl (C=O) groups excluding carboxylic acids is 2. The molecule has 0 aliphatic heterocycles. The number of carbonyl (C=O) groups is 2. The van der Waals surface area contributed by atoms with Crippen LogP contribution < -0.4 is 20.9 Å². The maximum atomic E-state index is 13.4. The summed E-state index contributed by atoms with van der Waals surface area (Å²) in [5, 5.41) is 30.5. The molecule has 11 nitrogen and oxygen atoms in total. The molecule has 2 atom stereocenters. The van der Waals surface area contributed by atoms with Gasteiger partial charge in [-0.25, -0.2) is 14.6 Å². The van der Waals surface area contributed by atoms with E-state index >= 15 is 0 Å². The van der Waals surface area contributed by atoms with Gasteiger partial charge in [-0.1, -0.05) is 51.1 Å². The first-order valence-corrected chi connectivity index (χ1v) is 14.9. The molecule has 11 heteroatoms. The number of benzene rings is 2. The zero-order chi connectivity index (χ0) is 32.7. The lowest BCUT2D eigenvalue weighted by Gasteiger charge is -2.32. The van der Waals surface area contributed by atoms with Crippen molar-refractivity contribution >= 4 is 35.1 Å². The van der Waals surface area contributed by atoms with Crippen molar-refractivity contribution in [1.82, 2.24) is 15.2 Å². The molecule has 1 heterocycles. The van der Waals surface area contributed by atoms with Crippen molar-refractivity contribution in [2.45, 2.75) is 66.0 Å². The standard InChI is InChI=1S/C34H41N7O4/c1-6-44-32(42)22-10-9-11-23(18-22)38-31(19-29(36)34(3,4)5)40-33(43)39-27-15-16-28(26-13-8-7-12-25(26)27)45-24-14-17-30(37)41(20-24)21(2)35/h7-14,17-18,20,27-28,35-37H,6,15-16,19H2,1-5H3,(H2,38,39,40,43). The number of amidine groups is 1.